The summed E-state index contributed by atoms with van der Waals surface area (Å²) >= 11 is 0. The van der Waals surface area contributed by atoms with E-state index in [1.807, 2.05) is 0 Å². The van der Waals surface area contributed by atoms with Gasteiger partial charge < -0.3 is 15.7 Å². The average molecular weight is 274 g/mol. The van der Waals surface area contributed by atoms with E-state index in [1.54, 1.807) is 18.2 Å². The second-order valence-electron chi connectivity index (χ2n) is 5.65. The number of para-hydroxylation sites is 1. The first-order valence-electron chi connectivity index (χ1n) is 7.05. The van der Waals surface area contributed by atoms with Gasteiger partial charge in [-0.1, -0.05) is 12.1 Å². The largest absolute Gasteiger partial charge is 0.478 e. The maximum atomic E-state index is 12.0. The fourth-order valence-electron chi connectivity index (χ4n) is 2.62. The zero-order valence-corrected chi connectivity index (χ0v) is 11.1. The lowest BCUT2D eigenvalue weighted by Gasteiger charge is -2.18. The summed E-state index contributed by atoms with van der Waals surface area (Å²) in [5.41, 5.74) is 0.444. The van der Waals surface area contributed by atoms with Gasteiger partial charge in [-0.25, -0.2) is 9.59 Å². The Bertz CT molecular complexity index is 524. The number of carbonyl (C=O) groups excluding carboxylic acids is 1. The average Bonchev–Trinajstić information content (AvgIpc) is 3.28. The van der Waals surface area contributed by atoms with Crippen LogP contribution in [0.5, 0.6) is 0 Å². The molecule has 3 rings (SSSR count). The monoisotopic (exact) mass is 274 g/mol. The van der Waals surface area contributed by atoms with Gasteiger partial charge in [-0.15, -0.1) is 0 Å². The Morgan fingerprint density at radius 2 is 1.70 bits per heavy atom. The van der Waals surface area contributed by atoms with E-state index >= 15 is 0 Å². The summed E-state index contributed by atoms with van der Waals surface area (Å²) in [4.78, 5) is 23.1. The lowest BCUT2D eigenvalue weighted by atomic mass is 10.1. The van der Waals surface area contributed by atoms with Gasteiger partial charge in [-0.2, -0.15) is 0 Å². The van der Waals surface area contributed by atoms with Crippen LogP contribution >= 0.6 is 0 Å². The standard InChI is InChI=1S/C15H18N2O3/c18-14(19)11-3-1-2-4-12(11)16-15(20)17-13(9-5-6-9)10-7-8-10/h1-4,9-10,13H,5-8H2,(H,18,19)(H2,16,17,20). The zero-order chi connectivity index (χ0) is 14.1. The fraction of sp³-hybridized carbons (Fsp3) is 0.467. The smallest absolute Gasteiger partial charge is 0.337 e. The number of anilines is 1. The van der Waals surface area contributed by atoms with Crippen LogP contribution in [0.25, 0.3) is 0 Å². The van der Waals surface area contributed by atoms with Gasteiger partial charge in [0, 0.05) is 6.04 Å². The molecule has 1 aromatic carbocycles. The molecule has 106 valence electrons. The summed E-state index contributed by atoms with van der Waals surface area (Å²) in [5.74, 6) is 0.188. The lowest BCUT2D eigenvalue weighted by molar-refractivity contribution is 0.0698. The highest BCUT2D eigenvalue weighted by molar-refractivity contribution is 6.00. The van der Waals surface area contributed by atoms with E-state index in [0.29, 0.717) is 17.5 Å². The van der Waals surface area contributed by atoms with Crippen molar-refractivity contribution in [2.24, 2.45) is 11.8 Å². The van der Waals surface area contributed by atoms with E-state index < -0.39 is 5.97 Å². The van der Waals surface area contributed by atoms with E-state index in [1.165, 1.54) is 31.7 Å². The van der Waals surface area contributed by atoms with E-state index in [0.717, 1.165) is 0 Å². The molecule has 0 aliphatic heterocycles. The highest BCUT2D eigenvalue weighted by Crippen LogP contribution is 2.44. The van der Waals surface area contributed by atoms with Gasteiger partial charge in [0.25, 0.3) is 0 Å². The molecule has 20 heavy (non-hydrogen) atoms. The van der Waals surface area contributed by atoms with Crippen LogP contribution in [-0.2, 0) is 0 Å². The van der Waals surface area contributed by atoms with Crippen molar-refractivity contribution in [2.45, 2.75) is 31.7 Å². The van der Waals surface area contributed by atoms with Crippen molar-refractivity contribution in [1.82, 2.24) is 5.32 Å². The van der Waals surface area contributed by atoms with Gasteiger partial charge in [0.1, 0.15) is 0 Å². The third-order valence-electron chi connectivity index (χ3n) is 3.96. The second-order valence-corrected chi connectivity index (χ2v) is 5.65. The quantitative estimate of drug-likeness (QED) is 0.772. The number of carbonyl (C=O) groups is 2. The minimum absolute atomic E-state index is 0.108. The van der Waals surface area contributed by atoms with E-state index in [2.05, 4.69) is 10.6 Å². The Labute approximate surface area is 117 Å². The first-order chi connectivity index (χ1) is 9.65. The Hall–Kier alpha value is -2.04. The van der Waals surface area contributed by atoms with Crippen molar-refractivity contribution < 1.29 is 14.7 Å². The van der Waals surface area contributed by atoms with Gasteiger partial charge in [0.2, 0.25) is 0 Å². The van der Waals surface area contributed by atoms with Gasteiger partial charge in [0.15, 0.2) is 0 Å². The SMILES string of the molecule is O=C(Nc1ccccc1C(=O)O)NC(C1CC1)C1CC1. The summed E-state index contributed by atoms with van der Waals surface area (Å²) in [5, 5.41) is 14.8. The molecule has 0 spiro atoms. The third kappa shape index (κ3) is 2.92. The number of rotatable bonds is 5. The normalized spacial score (nSPS) is 17.9. The summed E-state index contributed by atoms with van der Waals surface area (Å²) in [7, 11) is 0. The molecule has 0 atom stereocenters. The van der Waals surface area contributed by atoms with Crippen LogP contribution in [-0.4, -0.2) is 23.1 Å². The molecule has 2 aliphatic carbocycles. The number of aromatic carboxylic acids is 1. The summed E-state index contributed by atoms with van der Waals surface area (Å²) in [6.07, 6.45) is 4.75. The van der Waals surface area contributed by atoms with Crippen LogP contribution in [0.4, 0.5) is 10.5 Å². The van der Waals surface area contributed by atoms with Crippen LogP contribution in [0, 0.1) is 11.8 Å². The predicted molar refractivity (Wildman–Crippen MR) is 74.8 cm³/mol. The van der Waals surface area contributed by atoms with E-state index in [-0.39, 0.29) is 17.6 Å². The van der Waals surface area contributed by atoms with E-state index in [9.17, 15) is 9.59 Å². The number of carboxylic acid groups (broad SMARTS) is 1. The first kappa shape index (κ1) is 13.0. The van der Waals surface area contributed by atoms with Crippen LogP contribution in [0.3, 0.4) is 0 Å². The van der Waals surface area contributed by atoms with Crippen LogP contribution in [0.15, 0.2) is 24.3 Å². The van der Waals surface area contributed by atoms with Crippen LogP contribution in [0.1, 0.15) is 36.0 Å². The molecular formula is C15H18N2O3. The second kappa shape index (κ2) is 5.15. The minimum atomic E-state index is -1.04. The number of hydrogen-bond donors (Lipinski definition) is 3. The van der Waals surface area contributed by atoms with Gasteiger partial charge in [0.05, 0.1) is 11.3 Å². The first-order valence-corrected chi connectivity index (χ1v) is 7.05. The molecule has 1 aromatic rings. The number of benzene rings is 1. The fourth-order valence-corrected chi connectivity index (χ4v) is 2.62. The number of nitrogens with one attached hydrogen (secondary N) is 2. The maximum absolute atomic E-state index is 12.0. The molecule has 0 heterocycles. The molecule has 5 nitrogen and oxygen atoms in total. The molecule has 2 amide bonds. The molecule has 0 radical (unpaired) electrons. The maximum Gasteiger partial charge on any atom is 0.337 e. The van der Waals surface area contributed by atoms with E-state index in [4.69, 9.17) is 5.11 Å². The molecule has 0 unspecified atom stereocenters. The molecular weight excluding hydrogens is 256 g/mol. The third-order valence-corrected chi connectivity index (χ3v) is 3.96. The molecule has 0 saturated heterocycles. The molecule has 0 aromatic heterocycles. The van der Waals surface area contributed by atoms with Crippen LogP contribution in [0.2, 0.25) is 0 Å². The van der Waals surface area contributed by atoms with Gasteiger partial charge >= 0.3 is 12.0 Å². The molecule has 2 aliphatic rings. The summed E-state index contributed by atoms with van der Waals surface area (Å²) in [6, 6.07) is 6.39. The zero-order valence-electron chi connectivity index (χ0n) is 11.1. The lowest BCUT2D eigenvalue weighted by Crippen LogP contribution is -2.40. The van der Waals surface area contributed by atoms with Gasteiger partial charge in [-0.05, 0) is 49.7 Å². The van der Waals surface area contributed by atoms with Crippen molar-refractivity contribution >= 4 is 17.7 Å². The van der Waals surface area contributed by atoms with Crippen molar-refractivity contribution in [2.75, 3.05) is 5.32 Å². The molecule has 3 N–H and O–H groups in total. The topological polar surface area (TPSA) is 78.4 Å². The number of urea groups is 1. The van der Waals surface area contributed by atoms with Crippen molar-refractivity contribution in [3.8, 4) is 0 Å². The Balaban J connectivity index is 1.65. The van der Waals surface area contributed by atoms with Crippen molar-refractivity contribution in [3.05, 3.63) is 29.8 Å². The number of amides is 2. The van der Waals surface area contributed by atoms with Crippen molar-refractivity contribution in [1.29, 1.82) is 0 Å². The van der Waals surface area contributed by atoms with Gasteiger partial charge in [-0.3, -0.25) is 0 Å². The Morgan fingerprint density at radius 3 is 2.25 bits per heavy atom. The van der Waals surface area contributed by atoms with Crippen LogP contribution < -0.4 is 10.6 Å². The predicted octanol–water partition coefficient (Wildman–Crippen LogP) is 2.69. The minimum Gasteiger partial charge on any atom is -0.478 e. The molecule has 0 bridgehead atoms. The number of hydrogen-bond acceptors (Lipinski definition) is 2. The molecule has 5 heteroatoms. The Morgan fingerprint density at radius 1 is 1.10 bits per heavy atom. The highest BCUT2D eigenvalue weighted by atomic mass is 16.4. The highest BCUT2D eigenvalue weighted by Gasteiger charge is 2.42. The summed E-state index contributed by atoms with van der Waals surface area (Å²) < 4.78 is 0. The molecule has 2 saturated carbocycles. The van der Waals surface area contributed by atoms with Crippen molar-refractivity contribution in [3.63, 3.8) is 0 Å². The molecule has 2 fully saturated rings. The Kier molecular flexibility index (Phi) is 3.34. The summed E-state index contributed by atoms with van der Waals surface area (Å²) in [6.45, 7) is 0. The number of carboxylic acids is 1.